The van der Waals surface area contributed by atoms with Crippen LogP contribution in [0, 0.1) is 5.82 Å². The van der Waals surface area contributed by atoms with Crippen LogP contribution in [-0.4, -0.2) is 45.4 Å². The quantitative estimate of drug-likeness (QED) is 0.398. The first-order chi connectivity index (χ1) is 16.7. The molecule has 3 aromatic heterocycles. The zero-order valence-electron chi connectivity index (χ0n) is 19.1. The molecule has 2 N–H and O–H groups in total. The monoisotopic (exact) mass is 494 g/mol. The molecule has 4 heterocycles. The second-order valence-corrected chi connectivity index (χ2v) is 10.3. The molecule has 35 heavy (non-hydrogen) atoms. The van der Waals surface area contributed by atoms with E-state index in [1.807, 2.05) is 0 Å². The van der Waals surface area contributed by atoms with E-state index < -0.39 is 16.4 Å². The van der Waals surface area contributed by atoms with E-state index in [0.29, 0.717) is 58.1 Å². The lowest BCUT2D eigenvalue weighted by Gasteiger charge is -2.16. The SMILES string of the molecule is CC(C)(O)Cn1cc(Nc2nc(-c3ccc(Oc4ccc(F)cc4)nc3)nc3c2[S@](=O)CC3)cn1. The molecule has 0 fully saturated rings. The second-order valence-electron chi connectivity index (χ2n) is 8.78. The fourth-order valence-corrected chi connectivity index (χ4v) is 4.96. The van der Waals surface area contributed by atoms with Crippen molar-refractivity contribution < 1.29 is 18.4 Å². The number of rotatable bonds is 7. The highest BCUT2D eigenvalue weighted by Gasteiger charge is 2.27. The van der Waals surface area contributed by atoms with Crippen LogP contribution >= 0.6 is 0 Å². The van der Waals surface area contributed by atoms with Gasteiger partial charge in [0.1, 0.15) is 16.5 Å². The third-order valence-electron chi connectivity index (χ3n) is 5.16. The lowest BCUT2D eigenvalue weighted by atomic mass is 10.1. The summed E-state index contributed by atoms with van der Waals surface area (Å²) in [5.41, 5.74) is 1.14. The van der Waals surface area contributed by atoms with Gasteiger partial charge in [-0.1, -0.05) is 0 Å². The van der Waals surface area contributed by atoms with Crippen LogP contribution in [0.3, 0.4) is 0 Å². The maximum atomic E-state index is 13.1. The summed E-state index contributed by atoms with van der Waals surface area (Å²) in [4.78, 5) is 14.2. The molecule has 5 rings (SSSR count). The molecule has 0 amide bonds. The summed E-state index contributed by atoms with van der Waals surface area (Å²) in [6.45, 7) is 3.74. The molecule has 0 spiro atoms. The van der Waals surface area contributed by atoms with Crippen LogP contribution in [0.1, 0.15) is 19.5 Å². The Morgan fingerprint density at radius 3 is 2.69 bits per heavy atom. The minimum atomic E-state index is -1.20. The van der Waals surface area contributed by atoms with Crippen LogP contribution in [0.15, 0.2) is 59.9 Å². The van der Waals surface area contributed by atoms with Crippen LogP contribution in [-0.2, 0) is 23.8 Å². The van der Waals surface area contributed by atoms with Gasteiger partial charge in [0.15, 0.2) is 11.6 Å². The first-order valence-corrected chi connectivity index (χ1v) is 12.3. The smallest absolute Gasteiger partial charge is 0.219 e. The number of hydrogen-bond acceptors (Lipinski definition) is 8. The Bertz CT molecular complexity index is 1380. The Labute approximate surface area is 203 Å². The number of fused-ring (bicyclic) bond motifs is 1. The number of nitrogens with one attached hydrogen (secondary N) is 1. The minimum absolute atomic E-state index is 0.325. The van der Waals surface area contributed by atoms with Crippen molar-refractivity contribution in [2.24, 2.45) is 0 Å². The fourth-order valence-electron chi connectivity index (χ4n) is 3.65. The number of halogens is 1. The fraction of sp³-hybridized carbons (Fsp3) is 0.250. The van der Waals surface area contributed by atoms with Crippen molar-refractivity contribution in [1.82, 2.24) is 24.7 Å². The zero-order valence-corrected chi connectivity index (χ0v) is 19.9. The number of aromatic nitrogens is 5. The van der Waals surface area contributed by atoms with Crippen molar-refractivity contribution in [3.63, 3.8) is 0 Å². The van der Waals surface area contributed by atoms with E-state index in [2.05, 4.69) is 25.4 Å². The van der Waals surface area contributed by atoms with E-state index >= 15 is 0 Å². The van der Waals surface area contributed by atoms with Gasteiger partial charge < -0.3 is 15.2 Å². The molecule has 1 atom stereocenters. The van der Waals surface area contributed by atoms with Gasteiger partial charge in [-0.15, -0.1) is 0 Å². The Kier molecular flexibility index (Phi) is 6.03. The van der Waals surface area contributed by atoms with Gasteiger partial charge in [0.25, 0.3) is 0 Å². The number of pyridine rings is 1. The molecule has 0 saturated carbocycles. The molecule has 180 valence electrons. The minimum Gasteiger partial charge on any atom is -0.439 e. The number of hydrogen-bond donors (Lipinski definition) is 2. The Balaban J connectivity index is 1.41. The Morgan fingerprint density at radius 2 is 1.97 bits per heavy atom. The summed E-state index contributed by atoms with van der Waals surface area (Å²) >= 11 is 0. The van der Waals surface area contributed by atoms with Gasteiger partial charge in [-0.3, -0.25) is 8.89 Å². The average Bonchev–Trinajstić information content (AvgIpc) is 3.40. The third-order valence-corrected chi connectivity index (χ3v) is 6.62. The van der Waals surface area contributed by atoms with Gasteiger partial charge in [0.2, 0.25) is 5.88 Å². The summed E-state index contributed by atoms with van der Waals surface area (Å²) in [6, 6.07) is 9.14. The predicted molar refractivity (Wildman–Crippen MR) is 129 cm³/mol. The van der Waals surface area contributed by atoms with Crippen molar-refractivity contribution in [2.75, 3.05) is 11.1 Å². The molecule has 0 bridgehead atoms. The zero-order chi connectivity index (χ0) is 24.6. The summed E-state index contributed by atoms with van der Waals surface area (Å²) in [5, 5.41) is 17.5. The molecule has 4 aromatic rings. The lowest BCUT2D eigenvalue weighted by Crippen LogP contribution is -2.26. The molecular formula is C24H23FN6O3S. The van der Waals surface area contributed by atoms with Gasteiger partial charge in [0.05, 0.1) is 40.5 Å². The van der Waals surface area contributed by atoms with Gasteiger partial charge >= 0.3 is 0 Å². The number of aryl methyl sites for hydroxylation is 1. The van der Waals surface area contributed by atoms with Gasteiger partial charge in [-0.25, -0.2) is 19.3 Å². The van der Waals surface area contributed by atoms with E-state index in [-0.39, 0.29) is 5.82 Å². The van der Waals surface area contributed by atoms with Gasteiger partial charge in [0, 0.05) is 36.2 Å². The number of aliphatic hydroxyl groups is 1. The van der Waals surface area contributed by atoms with Crippen LogP contribution in [0.5, 0.6) is 11.6 Å². The molecule has 0 radical (unpaired) electrons. The standard InChI is InChI=1S/C24H23FN6O3S/c1-24(2,32)14-31-13-17(12-27-31)28-23-21-19(9-10-35(21)33)29-22(30-23)15-3-8-20(26-11-15)34-18-6-4-16(25)5-7-18/h3-8,11-13,32H,9-10,14H2,1-2H3,(H,28,29,30)/t35-/m1/s1. The highest BCUT2D eigenvalue weighted by molar-refractivity contribution is 7.85. The largest absolute Gasteiger partial charge is 0.439 e. The van der Waals surface area contributed by atoms with Crippen LogP contribution < -0.4 is 10.1 Å². The lowest BCUT2D eigenvalue weighted by molar-refractivity contribution is 0.0578. The van der Waals surface area contributed by atoms with Gasteiger partial charge in [-0.2, -0.15) is 5.10 Å². The van der Waals surface area contributed by atoms with Crippen molar-refractivity contribution in [1.29, 1.82) is 0 Å². The number of ether oxygens (including phenoxy) is 1. The number of nitrogens with zero attached hydrogens (tertiary/aromatic N) is 5. The van der Waals surface area contributed by atoms with Crippen molar-refractivity contribution in [2.45, 2.75) is 37.3 Å². The molecule has 1 aromatic carbocycles. The molecular weight excluding hydrogens is 471 g/mol. The maximum absolute atomic E-state index is 13.1. The highest BCUT2D eigenvalue weighted by Crippen LogP contribution is 2.32. The molecule has 1 aliphatic rings. The van der Waals surface area contributed by atoms with E-state index in [0.717, 1.165) is 5.69 Å². The third kappa shape index (κ3) is 5.36. The van der Waals surface area contributed by atoms with E-state index in [4.69, 9.17) is 4.74 Å². The number of anilines is 2. The molecule has 9 nitrogen and oxygen atoms in total. The van der Waals surface area contributed by atoms with Crippen LogP contribution in [0.4, 0.5) is 15.9 Å². The summed E-state index contributed by atoms with van der Waals surface area (Å²) < 4.78 is 33.0. The van der Waals surface area contributed by atoms with E-state index in [1.165, 1.54) is 24.3 Å². The summed E-state index contributed by atoms with van der Waals surface area (Å²) in [6.07, 6.45) is 5.56. The van der Waals surface area contributed by atoms with E-state index in [9.17, 15) is 13.7 Å². The first kappa shape index (κ1) is 23.1. The normalized spacial score (nSPS) is 15.1. The molecule has 0 saturated heterocycles. The van der Waals surface area contributed by atoms with E-state index in [1.54, 1.807) is 49.3 Å². The predicted octanol–water partition coefficient (Wildman–Crippen LogP) is 3.84. The van der Waals surface area contributed by atoms with Gasteiger partial charge in [-0.05, 0) is 44.2 Å². The topological polar surface area (TPSA) is 115 Å². The maximum Gasteiger partial charge on any atom is 0.219 e. The Morgan fingerprint density at radius 1 is 1.17 bits per heavy atom. The average molecular weight is 495 g/mol. The molecule has 1 aliphatic heterocycles. The second kappa shape index (κ2) is 9.16. The van der Waals surface area contributed by atoms with Crippen LogP contribution in [0.25, 0.3) is 11.4 Å². The van der Waals surface area contributed by atoms with Crippen molar-refractivity contribution in [3.8, 4) is 23.0 Å². The summed E-state index contributed by atoms with van der Waals surface area (Å²) in [7, 11) is -1.20. The molecule has 0 aliphatic carbocycles. The molecule has 11 heteroatoms. The highest BCUT2D eigenvalue weighted by atomic mass is 32.2. The number of benzene rings is 1. The van der Waals surface area contributed by atoms with Crippen molar-refractivity contribution in [3.05, 3.63) is 66.5 Å². The Hall–Kier alpha value is -3.70. The van der Waals surface area contributed by atoms with Crippen molar-refractivity contribution >= 4 is 22.3 Å². The van der Waals surface area contributed by atoms with Crippen LogP contribution in [0.2, 0.25) is 0 Å². The molecule has 0 unspecified atom stereocenters. The summed E-state index contributed by atoms with van der Waals surface area (Å²) in [5.74, 6) is 1.86. The first-order valence-electron chi connectivity index (χ1n) is 10.9.